The van der Waals surface area contributed by atoms with Crippen LogP contribution in [0.2, 0.25) is 0 Å². The molecule has 0 spiro atoms. The van der Waals surface area contributed by atoms with E-state index in [1.807, 2.05) is 0 Å². The molecule has 0 unspecified atom stereocenters. The second-order valence-corrected chi connectivity index (χ2v) is 6.22. The minimum absolute atomic E-state index is 0.110. The number of nitrogens with zero attached hydrogens (tertiary/aromatic N) is 1. The van der Waals surface area contributed by atoms with Gasteiger partial charge in [-0.3, -0.25) is 9.59 Å². The lowest BCUT2D eigenvalue weighted by Gasteiger charge is -2.31. The van der Waals surface area contributed by atoms with Gasteiger partial charge >= 0.3 is 12.1 Å². The van der Waals surface area contributed by atoms with Crippen molar-refractivity contribution in [3.63, 3.8) is 0 Å². The normalized spacial score (nSPS) is 17.6. The van der Waals surface area contributed by atoms with E-state index in [4.69, 9.17) is 5.11 Å². The molecule has 1 amide bonds. The van der Waals surface area contributed by atoms with Gasteiger partial charge in [-0.25, -0.2) is 0 Å². The van der Waals surface area contributed by atoms with Gasteiger partial charge in [0.25, 0.3) is 0 Å². The molecule has 1 aliphatic heterocycles. The molecule has 24 heavy (non-hydrogen) atoms. The summed E-state index contributed by atoms with van der Waals surface area (Å²) >= 11 is 0. The molecule has 1 aliphatic rings. The Bertz CT molecular complexity index is 607. The van der Waals surface area contributed by atoms with Crippen molar-refractivity contribution in [1.82, 2.24) is 4.90 Å². The second kappa shape index (κ2) is 7.23. The third-order valence-electron chi connectivity index (χ3n) is 4.46. The molecule has 132 valence electrons. The monoisotopic (exact) mass is 343 g/mol. The number of hydrogen-bond acceptors (Lipinski definition) is 2. The maximum absolute atomic E-state index is 12.8. The van der Waals surface area contributed by atoms with Gasteiger partial charge in [0.05, 0.1) is 11.5 Å². The van der Waals surface area contributed by atoms with Gasteiger partial charge in [0.2, 0.25) is 5.91 Å². The second-order valence-electron chi connectivity index (χ2n) is 6.22. The maximum atomic E-state index is 12.8. The minimum Gasteiger partial charge on any atom is -0.481 e. The van der Waals surface area contributed by atoms with Crippen molar-refractivity contribution < 1.29 is 27.9 Å². The molecule has 1 atom stereocenters. The number of alkyl halides is 3. The number of carboxylic acids is 1. The van der Waals surface area contributed by atoms with E-state index in [0.717, 1.165) is 12.1 Å². The minimum atomic E-state index is -4.40. The SMILES string of the molecule is C[C@H](CC(=O)N1CCC(C(=O)O)CC1)c1cccc(C(F)(F)F)c1. The Morgan fingerprint density at radius 1 is 1.29 bits per heavy atom. The number of carbonyl (C=O) groups excluding carboxylic acids is 1. The molecular formula is C17H20F3NO3. The molecule has 2 rings (SSSR count). The van der Waals surface area contributed by atoms with Crippen molar-refractivity contribution in [2.75, 3.05) is 13.1 Å². The average molecular weight is 343 g/mol. The Balaban J connectivity index is 1.96. The molecule has 7 heteroatoms. The third kappa shape index (κ3) is 4.49. The van der Waals surface area contributed by atoms with Crippen LogP contribution in [0.5, 0.6) is 0 Å². The summed E-state index contributed by atoms with van der Waals surface area (Å²) in [6.07, 6.45) is -3.46. The lowest BCUT2D eigenvalue weighted by molar-refractivity contribution is -0.145. The molecule has 1 N–H and O–H groups in total. The van der Waals surface area contributed by atoms with Gasteiger partial charge in [0.1, 0.15) is 0 Å². The molecule has 1 heterocycles. The number of halogens is 3. The van der Waals surface area contributed by atoms with Gasteiger partial charge in [-0.15, -0.1) is 0 Å². The number of carboxylic acid groups (broad SMARTS) is 1. The Kier molecular flexibility index (Phi) is 5.51. The fraction of sp³-hybridized carbons (Fsp3) is 0.529. The van der Waals surface area contributed by atoms with Crippen LogP contribution in [0.4, 0.5) is 13.2 Å². The molecule has 1 saturated heterocycles. The van der Waals surface area contributed by atoms with Crippen molar-refractivity contribution >= 4 is 11.9 Å². The zero-order chi connectivity index (χ0) is 17.9. The van der Waals surface area contributed by atoms with Crippen molar-refractivity contribution in [1.29, 1.82) is 0 Å². The van der Waals surface area contributed by atoms with E-state index in [2.05, 4.69) is 0 Å². The van der Waals surface area contributed by atoms with E-state index >= 15 is 0 Å². The first kappa shape index (κ1) is 18.3. The highest BCUT2D eigenvalue weighted by molar-refractivity contribution is 5.78. The van der Waals surface area contributed by atoms with Crippen LogP contribution in [0.25, 0.3) is 0 Å². The smallest absolute Gasteiger partial charge is 0.416 e. The molecule has 4 nitrogen and oxygen atoms in total. The van der Waals surface area contributed by atoms with Crippen LogP contribution in [0.3, 0.4) is 0 Å². The van der Waals surface area contributed by atoms with E-state index in [0.29, 0.717) is 31.5 Å². The Labute approximate surface area is 138 Å². The zero-order valence-electron chi connectivity index (χ0n) is 13.3. The maximum Gasteiger partial charge on any atom is 0.416 e. The van der Waals surface area contributed by atoms with Gasteiger partial charge in [0.15, 0.2) is 0 Å². The average Bonchev–Trinajstić information content (AvgIpc) is 2.54. The number of likely N-dealkylation sites (tertiary alicyclic amines) is 1. The van der Waals surface area contributed by atoms with Crippen LogP contribution < -0.4 is 0 Å². The number of aliphatic carboxylic acids is 1. The van der Waals surface area contributed by atoms with Crippen molar-refractivity contribution in [3.05, 3.63) is 35.4 Å². The first-order valence-corrected chi connectivity index (χ1v) is 7.86. The Morgan fingerprint density at radius 3 is 2.46 bits per heavy atom. The lowest BCUT2D eigenvalue weighted by Crippen LogP contribution is -2.40. The molecule has 1 aromatic rings. The standard InChI is InChI=1S/C17H20F3NO3/c1-11(13-3-2-4-14(10-13)17(18,19)20)9-15(22)21-7-5-12(6-8-21)16(23)24/h2-4,10-12H,5-9H2,1H3,(H,23,24)/t11-/m1/s1. The number of carbonyl (C=O) groups is 2. The summed E-state index contributed by atoms with van der Waals surface area (Å²) in [7, 11) is 0. The molecule has 0 bridgehead atoms. The van der Waals surface area contributed by atoms with Crippen LogP contribution in [-0.4, -0.2) is 35.0 Å². The van der Waals surface area contributed by atoms with E-state index < -0.39 is 23.6 Å². The van der Waals surface area contributed by atoms with Crippen molar-refractivity contribution in [2.45, 2.75) is 38.3 Å². The number of benzene rings is 1. The predicted molar refractivity (Wildman–Crippen MR) is 81.4 cm³/mol. The molecule has 0 aliphatic carbocycles. The highest BCUT2D eigenvalue weighted by atomic mass is 19.4. The number of piperidine rings is 1. The summed E-state index contributed by atoms with van der Waals surface area (Å²) in [6, 6.07) is 5.02. The highest BCUT2D eigenvalue weighted by Crippen LogP contribution is 2.32. The van der Waals surface area contributed by atoms with Crippen molar-refractivity contribution in [3.8, 4) is 0 Å². The topological polar surface area (TPSA) is 57.6 Å². The largest absolute Gasteiger partial charge is 0.481 e. The number of hydrogen-bond donors (Lipinski definition) is 1. The molecule has 0 radical (unpaired) electrons. The van der Waals surface area contributed by atoms with E-state index in [1.165, 1.54) is 6.07 Å². The van der Waals surface area contributed by atoms with Crippen molar-refractivity contribution in [2.24, 2.45) is 5.92 Å². The Hall–Kier alpha value is -2.05. The van der Waals surface area contributed by atoms with Crippen LogP contribution in [0.15, 0.2) is 24.3 Å². The number of amides is 1. The fourth-order valence-electron chi connectivity index (χ4n) is 2.91. The molecule has 1 aromatic carbocycles. The summed E-state index contributed by atoms with van der Waals surface area (Å²) < 4.78 is 38.3. The Morgan fingerprint density at radius 2 is 1.92 bits per heavy atom. The van der Waals surface area contributed by atoms with Gasteiger partial charge in [0, 0.05) is 19.5 Å². The first-order valence-electron chi connectivity index (χ1n) is 7.86. The third-order valence-corrected chi connectivity index (χ3v) is 4.46. The summed E-state index contributed by atoms with van der Waals surface area (Å²) in [4.78, 5) is 24.8. The van der Waals surface area contributed by atoms with Gasteiger partial charge in [-0.2, -0.15) is 13.2 Å². The fourth-order valence-corrected chi connectivity index (χ4v) is 2.91. The molecule has 0 aromatic heterocycles. The summed E-state index contributed by atoms with van der Waals surface area (Å²) in [6.45, 7) is 2.48. The lowest BCUT2D eigenvalue weighted by atomic mass is 9.93. The van der Waals surface area contributed by atoms with E-state index in [1.54, 1.807) is 17.9 Å². The summed E-state index contributed by atoms with van der Waals surface area (Å²) in [5.41, 5.74) is -0.250. The molecule has 1 fully saturated rings. The highest BCUT2D eigenvalue weighted by Gasteiger charge is 2.31. The van der Waals surface area contributed by atoms with Gasteiger partial charge < -0.3 is 10.0 Å². The van der Waals surface area contributed by atoms with Crippen LogP contribution in [0.1, 0.15) is 43.2 Å². The van der Waals surface area contributed by atoms with Gasteiger partial charge in [-0.05, 0) is 30.4 Å². The quantitative estimate of drug-likeness (QED) is 0.910. The van der Waals surface area contributed by atoms with E-state index in [-0.39, 0.29) is 18.2 Å². The summed E-state index contributed by atoms with van der Waals surface area (Å²) in [5.74, 6) is -1.75. The first-order chi connectivity index (χ1) is 11.2. The van der Waals surface area contributed by atoms with Gasteiger partial charge in [-0.1, -0.05) is 25.1 Å². The van der Waals surface area contributed by atoms with Crippen LogP contribution in [-0.2, 0) is 15.8 Å². The van der Waals surface area contributed by atoms with Crippen LogP contribution in [0, 0.1) is 5.92 Å². The molecule has 0 saturated carbocycles. The zero-order valence-corrected chi connectivity index (χ0v) is 13.3. The summed E-state index contributed by atoms with van der Waals surface area (Å²) in [5, 5.41) is 8.95. The number of rotatable bonds is 4. The van der Waals surface area contributed by atoms with Crippen LogP contribution >= 0.6 is 0 Å². The molecular weight excluding hydrogens is 323 g/mol. The van der Waals surface area contributed by atoms with E-state index in [9.17, 15) is 22.8 Å². The predicted octanol–water partition coefficient (Wildman–Crippen LogP) is 3.52.